The Morgan fingerprint density at radius 1 is 0.958 bits per heavy atom. The molecule has 1 heterocycles. The van der Waals surface area contributed by atoms with Crippen LogP contribution in [0.2, 0.25) is 10.0 Å². The zero-order chi connectivity index (χ0) is 18.5. The van der Waals surface area contributed by atoms with Crippen molar-refractivity contribution >= 4 is 39.1 Å². The van der Waals surface area contributed by atoms with Crippen molar-refractivity contribution in [3.63, 3.8) is 0 Å². The molecule has 2 nitrogen and oxygen atoms in total. The smallest absolute Gasteiger partial charge is 0.303 e. The number of halogens is 10. The minimum Gasteiger partial charge on any atom is -0.303 e. The highest BCUT2D eigenvalue weighted by atomic mass is 79.9. The first-order valence-electron chi connectivity index (χ1n) is 5.81. The minimum absolute atomic E-state index is 0.307. The van der Waals surface area contributed by atoms with Crippen LogP contribution in [0.25, 0.3) is 5.69 Å². The molecule has 24 heavy (non-hydrogen) atoms. The van der Waals surface area contributed by atoms with Gasteiger partial charge in [0.15, 0.2) is 0 Å². The zero-order valence-corrected chi connectivity index (χ0v) is 14.1. The Morgan fingerprint density at radius 2 is 1.46 bits per heavy atom. The van der Waals surface area contributed by atoms with Gasteiger partial charge in [-0.15, -0.1) is 0 Å². The maximum absolute atomic E-state index is 13.5. The molecule has 2 aromatic rings. The molecular weight excluding hydrogens is 456 g/mol. The van der Waals surface area contributed by atoms with Crippen LogP contribution < -0.4 is 0 Å². The SMILES string of the molecule is FC(F)(F)c1cc(Cl)c(-n2cnc(C(F)(F)C(F)(F)Br)c2)c(Cl)c1. The first-order valence-corrected chi connectivity index (χ1v) is 7.35. The molecule has 132 valence electrons. The lowest BCUT2D eigenvalue weighted by atomic mass is 10.2. The summed E-state index contributed by atoms with van der Waals surface area (Å²) in [6.07, 6.45) is -3.55. The maximum Gasteiger partial charge on any atom is 0.416 e. The van der Waals surface area contributed by atoms with Crippen LogP contribution in [0, 0.1) is 0 Å². The summed E-state index contributed by atoms with van der Waals surface area (Å²) in [6.45, 7) is 0. The Labute approximate surface area is 148 Å². The lowest BCUT2D eigenvalue weighted by Gasteiger charge is -2.19. The van der Waals surface area contributed by atoms with Gasteiger partial charge >= 0.3 is 16.9 Å². The quantitative estimate of drug-likeness (QED) is 0.390. The van der Waals surface area contributed by atoms with Crippen LogP contribution in [0.3, 0.4) is 0 Å². The normalized spacial score (nSPS) is 13.4. The summed E-state index contributed by atoms with van der Waals surface area (Å²) >= 11 is 13.0. The van der Waals surface area contributed by atoms with Crippen molar-refractivity contribution in [2.75, 3.05) is 0 Å². The van der Waals surface area contributed by atoms with Gasteiger partial charge in [0.1, 0.15) is 5.69 Å². The predicted molar refractivity (Wildman–Crippen MR) is 76.4 cm³/mol. The van der Waals surface area contributed by atoms with Gasteiger partial charge in [-0.1, -0.05) is 23.2 Å². The summed E-state index contributed by atoms with van der Waals surface area (Å²) in [7, 11) is 0. The van der Waals surface area contributed by atoms with Gasteiger partial charge in [0.25, 0.3) is 0 Å². The fourth-order valence-corrected chi connectivity index (χ4v) is 2.61. The van der Waals surface area contributed by atoms with Crippen LogP contribution in [0.15, 0.2) is 24.7 Å². The van der Waals surface area contributed by atoms with Gasteiger partial charge in [0.05, 0.1) is 27.6 Å². The largest absolute Gasteiger partial charge is 0.416 e. The Kier molecular flexibility index (Phi) is 4.88. The average molecular weight is 460 g/mol. The molecule has 0 aliphatic carbocycles. The highest BCUT2D eigenvalue weighted by Gasteiger charge is 2.57. The zero-order valence-electron chi connectivity index (χ0n) is 11.0. The summed E-state index contributed by atoms with van der Waals surface area (Å²) in [5.41, 5.74) is -2.78. The second-order valence-electron chi connectivity index (χ2n) is 4.52. The molecule has 0 atom stereocenters. The van der Waals surface area contributed by atoms with Crippen molar-refractivity contribution in [3.8, 4) is 5.69 Å². The van der Waals surface area contributed by atoms with E-state index in [-0.39, 0.29) is 5.69 Å². The molecule has 0 radical (unpaired) electrons. The predicted octanol–water partition coefficient (Wildman–Crippen LogP) is 6.28. The summed E-state index contributed by atoms with van der Waals surface area (Å²) < 4.78 is 91.5. The fourth-order valence-electron chi connectivity index (χ4n) is 1.73. The third-order valence-electron chi connectivity index (χ3n) is 2.86. The van der Waals surface area contributed by atoms with Gasteiger partial charge in [-0.25, -0.2) is 4.98 Å². The number of alkyl halides is 8. The molecule has 1 aromatic carbocycles. The molecule has 0 aliphatic heterocycles. The van der Waals surface area contributed by atoms with Crippen LogP contribution in [0.1, 0.15) is 11.3 Å². The van der Waals surface area contributed by atoms with Crippen molar-refractivity contribution < 1.29 is 30.7 Å². The molecule has 2 rings (SSSR count). The molecule has 12 heteroatoms. The average Bonchev–Trinajstić information content (AvgIpc) is 2.85. The summed E-state index contributed by atoms with van der Waals surface area (Å²) in [5.74, 6) is -4.66. The number of imidazole rings is 1. The van der Waals surface area contributed by atoms with Crippen LogP contribution >= 0.6 is 39.1 Å². The Hall–Kier alpha value is -1.00. The number of aromatic nitrogens is 2. The van der Waals surface area contributed by atoms with Gasteiger partial charge in [0.2, 0.25) is 0 Å². The van der Waals surface area contributed by atoms with Crippen LogP contribution in [0.4, 0.5) is 30.7 Å². The van der Waals surface area contributed by atoms with Crippen molar-refractivity contribution in [1.29, 1.82) is 0 Å². The molecule has 0 unspecified atom stereocenters. The summed E-state index contributed by atoms with van der Waals surface area (Å²) in [6, 6.07) is 1.05. The second-order valence-corrected chi connectivity index (χ2v) is 6.33. The van der Waals surface area contributed by atoms with Gasteiger partial charge in [-0.2, -0.15) is 30.7 Å². The van der Waals surface area contributed by atoms with Crippen molar-refractivity contribution in [3.05, 3.63) is 46.0 Å². The van der Waals surface area contributed by atoms with Crippen LogP contribution in [-0.2, 0) is 12.1 Å². The highest BCUT2D eigenvalue weighted by Crippen LogP contribution is 2.46. The molecule has 0 bridgehead atoms. The van der Waals surface area contributed by atoms with Crippen LogP contribution in [0.5, 0.6) is 0 Å². The van der Waals surface area contributed by atoms with E-state index in [0.717, 1.165) is 4.57 Å². The van der Waals surface area contributed by atoms with E-state index >= 15 is 0 Å². The highest BCUT2D eigenvalue weighted by molar-refractivity contribution is 9.10. The summed E-state index contributed by atoms with van der Waals surface area (Å²) in [4.78, 5) is -1.43. The first-order chi connectivity index (χ1) is 10.7. The molecule has 0 aliphatic rings. The lowest BCUT2D eigenvalue weighted by molar-refractivity contribution is -0.156. The van der Waals surface area contributed by atoms with E-state index in [1.807, 2.05) is 0 Å². The van der Waals surface area contributed by atoms with Gasteiger partial charge in [-0.05, 0) is 28.1 Å². The van der Waals surface area contributed by atoms with Gasteiger partial charge in [-0.3, -0.25) is 0 Å². The van der Waals surface area contributed by atoms with E-state index in [1.54, 1.807) is 15.9 Å². The monoisotopic (exact) mass is 458 g/mol. The number of hydrogen-bond donors (Lipinski definition) is 0. The van der Waals surface area contributed by atoms with Gasteiger partial charge < -0.3 is 4.57 Å². The van der Waals surface area contributed by atoms with E-state index in [9.17, 15) is 30.7 Å². The van der Waals surface area contributed by atoms with Crippen molar-refractivity contribution in [2.24, 2.45) is 0 Å². The minimum atomic E-state index is -4.73. The van der Waals surface area contributed by atoms with Gasteiger partial charge in [0, 0.05) is 6.20 Å². The summed E-state index contributed by atoms with van der Waals surface area (Å²) in [5, 5.41) is -1.04. The number of benzene rings is 1. The number of hydrogen-bond acceptors (Lipinski definition) is 1. The third kappa shape index (κ3) is 3.50. The molecule has 0 spiro atoms. The van der Waals surface area contributed by atoms with E-state index in [2.05, 4.69) is 4.98 Å². The standard InChI is InChI=1S/C12H4BrCl2F7N2/c13-12(21,22)10(16,17)8-3-24(4-23-8)9-6(14)1-5(2-7(9)15)11(18,19)20/h1-4H. The number of nitrogens with zero attached hydrogens (tertiary/aromatic N) is 2. The molecule has 1 aromatic heterocycles. The van der Waals surface area contributed by atoms with E-state index in [0.29, 0.717) is 24.7 Å². The van der Waals surface area contributed by atoms with Crippen molar-refractivity contribution in [2.45, 2.75) is 16.9 Å². The molecular formula is C12H4BrCl2F7N2. The molecule has 0 N–H and O–H groups in total. The molecule has 0 amide bonds. The van der Waals surface area contributed by atoms with Crippen molar-refractivity contribution in [1.82, 2.24) is 9.55 Å². The topological polar surface area (TPSA) is 17.8 Å². The third-order valence-corrected chi connectivity index (χ3v) is 3.94. The van der Waals surface area contributed by atoms with E-state index in [4.69, 9.17) is 23.2 Å². The molecule has 0 fully saturated rings. The van der Waals surface area contributed by atoms with E-state index < -0.39 is 38.2 Å². The molecule has 0 saturated carbocycles. The van der Waals surface area contributed by atoms with Crippen LogP contribution in [-0.4, -0.2) is 14.4 Å². The Balaban J connectivity index is 2.52. The second kappa shape index (κ2) is 6.06. The Bertz CT molecular complexity index is 744. The Morgan fingerprint density at radius 3 is 1.88 bits per heavy atom. The maximum atomic E-state index is 13.5. The molecule has 0 saturated heterocycles. The number of rotatable bonds is 3. The van der Waals surface area contributed by atoms with E-state index in [1.165, 1.54) is 0 Å². The lowest BCUT2D eigenvalue weighted by Crippen LogP contribution is -2.32. The first kappa shape index (κ1) is 19.3. The fraction of sp³-hybridized carbons (Fsp3) is 0.250.